The minimum atomic E-state index is 0.00621. The van der Waals surface area contributed by atoms with Crippen LogP contribution in [0.1, 0.15) is 41.5 Å². The van der Waals surface area contributed by atoms with Crippen LogP contribution in [0.3, 0.4) is 0 Å². The number of benzene rings is 1. The molecule has 1 aromatic heterocycles. The Bertz CT molecular complexity index is 529. The molecule has 0 aliphatic heterocycles. The molecule has 4 heteroatoms. The summed E-state index contributed by atoms with van der Waals surface area (Å²) in [5, 5.41) is 0. The SMILES string of the molecule is CC(C)c1ccc(C(=O)N(C)Cc2ncc[nH]2)cc1. The molecule has 0 spiro atoms. The van der Waals surface area contributed by atoms with Crippen LogP contribution < -0.4 is 0 Å². The molecular weight excluding hydrogens is 238 g/mol. The second-order valence-electron chi connectivity index (χ2n) is 4.97. The van der Waals surface area contributed by atoms with Crippen molar-refractivity contribution in [2.75, 3.05) is 7.05 Å². The number of rotatable bonds is 4. The van der Waals surface area contributed by atoms with E-state index in [4.69, 9.17) is 0 Å². The Labute approximate surface area is 113 Å². The summed E-state index contributed by atoms with van der Waals surface area (Å²) >= 11 is 0. The molecule has 2 aromatic rings. The van der Waals surface area contributed by atoms with E-state index in [1.807, 2.05) is 24.3 Å². The molecule has 0 fully saturated rings. The van der Waals surface area contributed by atoms with E-state index in [9.17, 15) is 4.79 Å². The molecule has 19 heavy (non-hydrogen) atoms. The standard InChI is InChI=1S/C15H19N3O/c1-11(2)12-4-6-13(7-5-12)15(19)18(3)10-14-16-8-9-17-14/h4-9,11H,10H2,1-3H3,(H,16,17). The number of amides is 1. The van der Waals surface area contributed by atoms with E-state index in [0.717, 1.165) is 5.82 Å². The monoisotopic (exact) mass is 257 g/mol. The Hall–Kier alpha value is -2.10. The first-order valence-electron chi connectivity index (χ1n) is 6.41. The lowest BCUT2D eigenvalue weighted by atomic mass is 10.0. The fourth-order valence-electron chi connectivity index (χ4n) is 1.91. The van der Waals surface area contributed by atoms with Crippen LogP contribution >= 0.6 is 0 Å². The van der Waals surface area contributed by atoms with Gasteiger partial charge in [-0.25, -0.2) is 4.98 Å². The first-order valence-corrected chi connectivity index (χ1v) is 6.41. The van der Waals surface area contributed by atoms with E-state index < -0.39 is 0 Å². The molecule has 1 amide bonds. The number of carbonyl (C=O) groups excluding carboxylic acids is 1. The molecule has 1 N–H and O–H groups in total. The molecule has 0 radical (unpaired) electrons. The van der Waals surface area contributed by atoms with E-state index in [0.29, 0.717) is 18.0 Å². The number of aromatic amines is 1. The number of hydrogen-bond acceptors (Lipinski definition) is 2. The molecule has 0 bridgehead atoms. The van der Waals surface area contributed by atoms with E-state index in [1.54, 1.807) is 24.3 Å². The van der Waals surface area contributed by atoms with E-state index in [1.165, 1.54) is 5.56 Å². The van der Waals surface area contributed by atoms with Crippen LogP contribution in [-0.2, 0) is 6.54 Å². The highest BCUT2D eigenvalue weighted by molar-refractivity contribution is 5.94. The van der Waals surface area contributed by atoms with Crippen molar-refractivity contribution < 1.29 is 4.79 Å². The molecule has 0 aliphatic carbocycles. The molecule has 0 saturated heterocycles. The summed E-state index contributed by atoms with van der Waals surface area (Å²) in [5.74, 6) is 1.27. The summed E-state index contributed by atoms with van der Waals surface area (Å²) in [5.41, 5.74) is 1.95. The van der Waals surface area contributed by atoms with E-state index in [-0.39, 0.29) is 5.91 Å². The van der Waals surface area contributed by atoms with E-state index >= 15 is 0 Å². The third-order valence-electron chi connectivity index (χ3n) is 3.11. The molecule has 0 atom stereocenters. The second-order valence-corrected chi connectivity index (χ2v) is 4.97. The molecular formula is C15H19N3O. The quantitative estimate of drug-likeness (QED) is 0.915. The highest BCUT2D eigenvalue weighted by Crippen LogP contribution is 2.15. The zero-order valence-corrected chi connectivity index (χ0v) is 11.6. The molecule has 4 nitrogen and oxygen atoms in total. The average molecular weight is 257 g/mol. The Kier molecular flexibility index (Phi) is 4.00. The third-order valence-corrected chi connectivity index (χ3v) is 3.11. The number of carbonyl (C=O) groups is 1. The Morgan fingerprint density at radius 3 is 2.53 bits per heavy atom. The first-order chi connectivity index (χ1) is 9.08. The van der Waals surface area contributed by atoms with Gasteiger partial charge in [-0.1, -0.05) is 26.0 Å². The predicted octanol–water partition coefficient (Wildman–Crippen LogP) is 2.81. The van der Waals surface area contributed by atoms with Gasteiger partial charge in [-0.15, -0.1) is 0 Å². The van der Waals surface area contributed by atoms with Gasteiger partial charge in [0, 0.05) is 25.0 Å². The summed E-state index contributed by atoms with van der Waals surface area (Å²) in [6.07, 6.45) is 3.44. The fraction of sp³-hybridized carbons (Fsp3) is 0.333. The van der Waals surface area contributed by atoms with Gasteiger partial charge in [-0.2, -0.15) is 0 Å². The van der Waals surface area contributed by atoms with Crippen molar-refractivity contribution in [1.82, 2.24) is 14.9 Å². The van der Waals surface area contributed by atoms with Gasteiger partial charge < -0.3 is 9.88 Å². The summed E-state index contributed by atoms with van der Waals surface area (Å²) in [6, 6.07) is 7.80. The Morgan fingerprint density at radius 1 is 1.32 bits per heavy atom. The van der Waals surface area contributed by atoms with Gasteiger partial charge in [0.25, 0.3) is 5.91 Å². The Balaban J connectivity index is 2.06. The number of H-pyrrole nitrogens is 1. The topological polar surface area (TPSA) is 49.0 Å². The summed E-state index contributed by atoms with van der Waals surface area (Å²) in [6.45, 7) is 4.76. The second kappa shape index (κ2) is 5.69. The molecule has 100 valence electrons. The molecule has 2 rings (SSSR count). The lowest BCUT2D eigenvalue weighted by molar-refractivity contribution is 0.0782. The normalized spacial score (nSPS) is 10.7. The minimum absolute atomic E-state index is 0.00621. The summed E-state index contributed by atoms with van der Waals surface area (Å²) in [4.78, 5) is 21.0. The van der Waals surface area contributed by atoms with Gasteiger partial charge in [0.1, 0.15) is 5.82 Å². The zero-order chi connectivity index (χ0) is 13.8. The molecule has 0 saturated carbocycles. The first kappa shape index (κ1) is 13.3. The van der Waals surface area contributed by atoms with Crippen molar-refractivity contribution >= 4 is 5.91 Å². The van der Waals surface area contributed by atoms with Crippen LogP contribution in [-0.4, -0.2) is 27.8 Å². The highest BCUT2D eigenvalue weighted by atomic mass is 16.2. The number of hydrogen-bond donors (Lipinski definition) is 1. The van der Waals surface area contributed by atoms with Crippen LogP contribution in [0.15, 0.2) is 36.7 Å². The van der Waals surface area contributed by atoms with Crippen molar-refractivity contribution in [2.24, 2.45) is 0 Å². The molecule has 0 aliphatic rings. The fourth-order valence-corrected chi connectivity index (χ4v) is 1.91. The van der Waals surface area contributed by atoms with Crippen LogP contribution in [0.4, 0.5) is 0 Å². The average Bonchev–Trinajstić information content (AvgIpc) is 2.90. The third kappa shape index (κ3) is 3.22. The summed E-state index contributed by atoms with van der Waals surface area (Å²) < 4.78 is 0. The highest BCUT2D eigenvalue weighted by Gasteiger charge is 2.13. The maximum absolute atomic E-state index is 12.2. The Morgan fingerprint density at radius 2 is 2.00 bits per heavy atom. The van der Waals surface area contributed by atoms with Gasteiger partial charge >= 0.3 is 0 Å². The van der Waals surface area contributed by atoms with E-state index in [2.05, 4.69) is 23.8 Å². The van der Waals surface area contributed by atoms with Gasteiger partial charge in [-0.05, 0) is 23.6 Å². The zero-order valence-electron chi connectivity index (χ0n) is 11.6. The van der Waals surface area contributed by atoms with Crippen molar-refractivity contribution in [2.45, 2.75) is 26.3 Å². The number of aromatic nitrogens is 2. The van der Waals surface area contributed by atoms with Crippen LogP contribution in [0.2, 0.25) is 0 Å². The van der Waals surface area contributed by atoms with Crippen molar-refractivity contribution in [3.63, 3.8) is 0 Å². The number of imidazole rings is 1. The molecule has 0 unspecified atom stereocenters. The lowest BCUT2D eigenvalue weighted by Crippen LogP contribution is -2.26. The smallest absolute Gasteiger partial charge is 0.253 e. The van der Waals surface area contributed by atoms with Crippen molar-refractivity contribution in [1.29, 1.82) is 0 Å². The van der Waals surface area contributed by atoms with Crippen LogP contribution in [0.25, 0.3) is 0 Å². The van der Waals surface area contributed by atoms with Crippen LogP contribution in [0, 0.1) is 0 Å². The number of nitrogens with zero attached hydrogens (tertiary/aromatic N) is 2. The van der Waals surface area contributed by atoms with Crippen LogP contribution in [0.5, 0.6) is 0 Å². The maximum Gasteiger partial charge on any atom is 0.253 e. The van der Waals surface area contributed by atoms with Gasteiger partial charge in [0.15, 0.2) is 0 Å². The van der Waals surface area contributed by atoms with Gasteiger partial charge in [0.05, 0.1) is 6.54 Å². The van der Waals surface area contributed by atoms with Crippen molar-refractivity contribution in [3.05, 3.63) is 53.6 Å². The minimum Gasteiger partial charge on any atom is -0.347 e. The predicted molar refractivity (Wildman–Crippen MR) is 74.9 cm³/mol. The van der Waals surface area contributed by atoms with Gasteiger partial charge in [0.2, 0.25) is 0 Å². The molecule has 1 aromatic carbocycles. The largest absolute Gasteiger partial charge is 0.347 e. The maximum atomic E-state index is 12.2. The van der Waals surface area contributed by atoms with Gasteiger partial charge in [-0.3, -0.25) is 4.79 Å². The number of nitrogens with one attached hydrogen (secondary N) is 1. The lowest BCUT2D eigenvalue weighted by Gasteiger charge is -2.16. The van der Waals surface area contributed by atoms with Crippen molar-refractivity contribution in [3.8, 4) is 0 Å². The summed E-state index contributed by atoms with van der Waals surface area (Å²) in [7, 11) is 1.78. The molecule has 1 heterocycles.